The van der Waals surface area contributed by atoms with E-state index in [0.717, 1.165) is 5.56 Å². The first kappa shape index (κ1) is 20.0. The van der Waals surface area contributed by atoms with Gasteiger partial charge in [-0.15, -0.1) is 6.58 Å². The fourth-order valence-electron chi connectivity index (χ4n) is 4.32. The molecule has 3 aliphatic rings. The van der Waals surface area contributed by atoms with E-state index in [1.165, 1.54) is 0 Å². The van der Waals surface area contributed by atoms with E-state index in [9.17, 15) is 0 Å². The number of hydrogen-bond acceptors (Lipinski definition) is 6. The Morgan fingerprint density at radius 1 is 1.04 bits per heavy atom. The van der Waals surface area contributed by atoms with Crippen molar-refractivity contribution < 1.29 is 28.4 Å². The zero-order valence-corrected chi connectivity index (χ0v) is 17.1. The molecule has 0 unspecified atom stereocenters. The van der Waals surface area contributed by atoms with Gasteiger partial charge in [-0.05, 0) is 39.7 Å². The molecule has 0 aliphatic carbocycles. The van der Waals surface area contributed by atoms with Gasteiger partial charge in [-0.25, -0.2) is 0 Å². The van der Waals surface area contributed by atoms with Crippen LogP contribution in [-0.2, 0) is 35.0 Å². The molecule has 154 valence electrons. The van der Waals surface area contributed by atoms with Crippen molar-refractivity contribution in [1.29, 1.82) is 0 Å². The molecule has 6 nitrogen and oxygen atoms in total. The highest BCUT2D eigenvalue weighted by Gasteiger charge is 2.66. The molecule has 3 saturated heterocycles. The summed E-state index contributed by atoms with van der Waals surface area (Å²) >= 11 is 0. The fraction of sp³-hybridized carbons (Fsp3) is 0.636. The summed E-state index contributed by atoms with van der Waals surface area (Å²) in [5.41, 5.74) is 0.292. The second kappa shape index (κ2) is 7.20. The number of fused-ring (bicyclic) bond motifs is 1. The molecular weight excluding hydrogens is 360 g/mol. The van der Waals surface area contributed by atoms with Gasteiger partial charge in [0, 0.05) is 0 Å². The van der Waals surface area contributed by atoms with Crippen LogP contribution in [0, 0.1) is 0 Å². The summed E-state index contributed by atoms with van der Waals surface area (Å²) in [5.74, 6) is -1.40. The van der Waals surface area contributed by atoms with Gasteiger partial charge in [0.25, 0.3) is 0 Å². The summed E-state index contributed by atoms with van der Waals surface area (Å²) in [6.45, 7) is 12.4. The van der Waals surface area contributed by atoms with Crippen LogP contribution in [0.1, 0.15) is 39.7 Å². The lowest BCUT2D eigenvalue weighted by Gasteiger charge is -2.39. The first-order valence-electron chi connectivity index (χ1n) is 9.86. The minimum Gasteiger partial charge on any atom is -0.364 e. The van der Waals surface area contributed by atoms with Crippen LogP contribution in [0.5, 0.6) is 0 Å². The van der Waals surface area contributed by atoms with E-state index in [1.54, 1.807) is 0 Å². The predicted molar refractivity (Wildman–Crippen MR) is 102 cm³/mol. The van der Waals surface area contributed by atoms with Gasteiger partial charge in [-0.3, -0.25) is 0 Å². The molecule has 1 aromatic rings. The molecule has 6 heteroatoms. The maximum absolute atomic E-state index is 6.58. The second-order valence-corrected chi connectivity index (χ2v) is 8.57. The number of rotatable bonds is 6. The molecule has 3 aliphatic heterocycles. The van der Waals surface area contributed by atoms with Gasteiger partial charge in [0.1, 0.15) is 23.9 Å². The molecule has 3 heterocycles. The molecule has 0 amide bonds. The standard InChI is InChI=1S/C22H30O6/c1-6-12-22(24-13-15-10-8-7-9-11-15)17(16-14-23-20(2,3)26-16)25-19-18(22)27-21(4,5)28-19/h6-11,16-19H,1,12-14H2,2-5H3/t16-,17+,18-,19+,22+/m0/s1. The smallest absolute Gasteiger partial charge is 0.190 e. The van der Waals surface area contributed by atoms with Gasteiger partial charge >= 0.3 is 0 Å². The third kappa shape index (κ3) is 3.65. The SMILES string of the molecule is C=CC[C@@]1(OCc2ccccc2)[C@@H]([C@@H]2COC(C)(C)O2)O[C@@H]2OC(C)(C)O[C@@H]21. The van der Waals surface area contributed by atoms with E-state index in [4.69, 9.17) is 28.4 Å². The summed E-state index contributed by atoms with van der Waals surface area (Å²) in [5, 5.41) is 0. The highest BCUT2D eigenvalue weighted by molar-refractivity contribution is 5.16. The quantitative estimate of drug-likeness (QED) is 0.693. The molecule has 3 fully saturated rings. The molecule has 0 aromatic heterocycles. The summed E-state index contributed by atoms with van der Waals surface area (Å²) < 4.78 is 37.1. The van der Waals surface area contributed by atoms with E-state index < -0.39 is 29.6 Å². The van der Waals surface area contributed by atoms with Crippen molar-refractivity contribution in [2.45, 2.75) is 82.5 Å². The third-order valence-electron chi connectivity index (χ3n) is 5.48. The predicted octanol–water partition coefficient (Wildman–Crippen LogP) is 3.55. The summed E-state index contributed by atoms with van der Waals surface area (Å²) in [6, 6.07) is 10.1. The molecule has 28 heavy (non-hydrogen) atoms. The molecule has 0 N–H and O–H groups in total. The maximum atomic E-state index is 6.58. The first-order valence-corrected chi connectivity index (χ1v) is 9.86. The summed E-state index contributed by atoms with van der Waals surface area (Å²) in [4.78, 5) is 0. The number of benzene rings is 1. The normalized spacial score (nSPS) is 38.4. The van der Waals surface area contributed by atoms with Crippen LogP contribution in [0.15, 0.2) is 43.0 Å². The van der Waals surface area contributed by atoms with Crippen LogP contribution in [-0.4, -0.2) is 48.4 Å². The van der Waals surface area contributed by atoms with Crippen LogP contribution in [0.2, 0.25) is 0 Å². The Morgan fingerprint density at radius 3 is 2.43 bits per heavy atom. The first-order chi connectivity index (χ1) is 13.2. The number of hydrogen-bond donors (Lipinski definition) is 0. The second-order valence-electron chi connectivity index (χ2n) is 8.57. The van der Waals surface area contributed by atoms with Crippen molar-refractivity contribution in [3.8, 4) is 0 Å². The molecule has 0 bridgehead atoms. The molecule has 4 rings (SSSR count). The lowest BCUT2D eigenvalue weighted by Crippen LogP contribution is -2.55. The average Bonchev–Trinajstić information content (AvgIpc) is 3.24. The minimum absolute atomic E-state index is 0.286. The third-order valence-corrected chi connectivity index (χ3v) is 5.48. The van der Waals surface area contributed by atoms with E-state index in [0.29, 0.717) is 19.6 Å². The van der Waals surface area contributed by atoms with Crippen molar-refractivity contribution in [3.05, 3.63) is 48.6 Å². The van der Waals surface area contributed by atoms with Gasteiger partial charge in [0.2, 0.25) is 0 Å². The minimum atomic E-state index is -0.787. The van der Waals surface area contributed by atoms with Crippen LogP contribution in [0.25, 0.3) is 0 Å². The Balaban J connectivity index is 1.65. The molecule has 0 saturated carbocycles. The van der Waals surface area contributed by atoms with E-state index >= 15 is 0 Å². The zero-order valence-electron chi connectivity index (χ0n) is 17.1. The Bertz CT molecular complexity index is 702. The van der Waals surface area contributed by atoms with Crippen molar-refractivity contribution in [2.24, 2.45) is 0 Å². The molecule has 0 spiro atoms. The number of ether oxygens (including phenoxy) is 6. The zero-order chi connectivity index (χ0) is 20.0. The van der Waals surface area contributed by atoms with E-state index in [-0.39, 0.29) is 12.2 Å². The lowest BCUT2D eigenvalue weighted by atomic mass is 9.85. The fourth-order valence-corrected chi connectivity index (χ4v) is 4.32. The largest absolute Gasteiger partial charge is 0.364 e. The Labute approximate surface area is 166 Å². The van der Waals surface area contributed by atoms with Crippen molar-refractivity contribution in [1.82, 2.24) is 0 Å². The van der Waals surface area contributed by atoms with Gasteiger partial charge < -0.3 is 28.4 Å². The van der Waals surface area contributed by atoms with Crippen molar-refractivity contribution in [2.75, 3.05) is 6.61 Å². The monoisotopic (exact) mass is 390 g/mol. The highest BCUT2D eigenvalue weighted by Crippen LogP contribution is 2.49. The van der Waals surface area contributed by atoms with E-state index in [1.807, 2.05) is 64.1 Å². The average molecular weight is 390 g/mol. The van der Waals surface area contributed by atoms with Crippen molar-refractivity contribution >= 4 is 0 Å². The van der Waals surface area contributed by atoms with E-state index in [2.05, 4.69) is 6.58 Å². The van der Waals surface area contributed by atoms with Crippen LogP contribution >= 0.6 is 0 Å². The van der Waals surface area contributed by atoms with Crippen LogP contribution < -0.4 is 0 Å². The molecular formula is C22H30O6. The molecule has 5 atom stereocenters. The van der Waals surface area contributed by atoms with Gasteiger partial charge in [-0.1, -0.05) is 36.4 Å². The van der Waals surface area contributed by atoms with Gasteiger partial charge in [0.15, 0.2) is 17.9 Å². The Kier molecular flexibility index (Phi) is 5.15. The van der Waals surface area contributed by atoms with Gasteiger partial charge in [0.05, 0.1) is 13.2 Å². The Morgan fingerprint density at radius 2 is 1.79 bits per heavy atom. The summed E-state index contributed by atoms with van der Waals surface area (Å²) in [7, 11) is 0. The lowest BCUT2D eigenvalue weighted by molar-refractivity contribution is -0.257. The van der Waals surface area contributed by atoms with Gasteiger partial charge in [-0.2, -0.15) is 0 Å². The van der Waals surface area contributed by atoms with Crippen LogP contribution in [0.3, 0.4) is 0 Å². The van der Waals surface area contributed by atoms with Crippen LogP contribution in [0.4, 0.5) is 0 Å². The molecule has 0 radical (unpaired) electrons. The summed E-state index contributed by atoms with van der Waals surface area (Å²) in [6.07, 6.45) is 0.795. The highest BCUT2D eigenvalue weighted by atomic mass is 16.9. The molecule has 1 aromatic carbocycles. The topological polar surface area (TPSA) is 55.4 Å². The van der Waals surface area contributed by atoms with Crippen molar-refractivity contribution in [3.63, 3.8) is 0 Å². The Hall–Kier alpha value is -1.28. The maximum Gasteiger partial charge on any atom is 0.190 e.